The van der Waals surface area contributed by atoms with Gasteiger partial charge >= 0.3 is 5.97 Å². The summed E-state index contributed by atoms with van der Waals surface area (Å²) in [4.78, 5) is 26.4. The van der Waals surface area contributed by atoms with Crippen LogP contribution in [-0.2, 0) is 4.79 Å². The van der Waals surface area contributed by atoms with Crippen molar-refractivity contribution in [1.29, 1.82) is 0 Å². The molecule has 21 heavy (non-hydrogen) atoms. The number of hydrogen-bond donors (Lipinski definition) is 2. The number of carboxylic acids is 1. The third-order valence-corrected chi connectivity index (χ3v) is 2.49. The van der Waals surface area contributed by atoms with Gasteiger partial charge in [-0.15, -0.1) is 0 Å². The number of anilines is 1. The van der Waals surface area contributed by atoms with Crippen molar-refractivity contribution in [3.05, 3.63) is 54.1 Å². The summed E-state index contributed by atoms with van der Waals surface area (Å²) in [5, 5.41) is 11.3. The van der Waals surface area contributed by atoms with Crippen molar-refractivity contribution >= 4 is 17.6 Å². The largest absolute Gasteiger partial charge is 0.484 e. The first-order valence-electron chi connectivity index (χ1n) is 5.92. The lowest BCUT2D eigenvalue weighted by Crippen LogP contribution is -2.21. The van der Waals surface area contributed by atoms with Gasteiger partial charge in [-0.25, -0.2) is 9.18 Å². The molecule has 1 amide bonds. The molecular weight excluding hydrogens is 279 g/mol. The van der Waals surface area contributed by atoms with Crippen LogP contribution in [-0.4, -0.2) is 28.6 Å². The van der Waals surface area contributed by atoms with Crippen LogP contribution < -0.4 is 10.1 Å². The number of benzene rings is 1. The highest BCUT2D eigenvalue weighted by Crippen LogP contribution is 2.14. The van der Waals surface area contributed by atoms with Gasteiger partial charge in [0.2, 0.25) is 0 Å². The summed E-state index contributed by atoms with van der Waals surface area (Å²) in [5.74, 6) is -2.03. The van der Waals surface area contributed by atoms with Crippen molar-refractivity contribution in [3.63, 3.8) is 0 Å². The Morgan fingerprint density at radius 1 is 1.33 bits per heavy atom. The number of carboxylic acid groups (broad SMARTS) is 1. The summed E-state index contributed by atoms with van der Waals surface area (Å²) in [7, 11) is 0. The third-order valence-electron chi connectivity index (χ3n) is 2.49. The molecule has 0 aliphatic carbocycles. The fraction of sp³-hybridized carbons (Fsp3) is 0.0714. The van der Waals surface area contributed by atoms with E-state index in [4.69, 9.17) is 9.84 Å². The summed E-state index contributed by atoms with van der Waals surface area (Å²) in [6.45, 7) is -0.378. The monoisotopic (exact) mass is 290 g/mol. The van der Waals surface area contributed by atoms with E-state index < -0.39 is 17.7 Å². The molecule has 0 fully saturated rings. The van der Waals surface area contributed by atoms with Crippen molar-refractivity contribution in [2.75, 3.05) is 11.9 Å². The highest BCUT2D eigenvalue weighted by molar-refractivity contribution is 6.00. The number of nitrogens with one attached hydrogen (secondary N) is 1. The standard InChI is InChI=1S/C14H11FN2O4/c15-9-2-1-3-10(6-9)21-8-13(18)17-12-7-16-5-4-11(12)14(19)20/h1-7H,8H2,(H,17,18)(H,19,20). The molecule has 0 atom stereocenters. The lowest BCUT2D eigenvalue weighted by atomic mass is 10.2. The van der Waals surface area contributed by atoms with Crippen LogP contribution in [0.2, 0.25) is 0 Å². The number of nitrogens with zero attached hydrogens (tertiary/aromatic N) is 1. The Balaban J connectivity index is 1.98. The van der Waals surface area contributed by atoms with Crippen molar-refractivity contribution in [2.45, 2.75) is 0 Å². The van der Waals surface area contributed by atoms with Gasteiger partial charge in [0.15, 0.2) is 6.61 Å². The number of carbonyl (C=O) groups excluding carboxylic acids is 1. The first-order valence-corrected chi connectivity index (χ1v) is 5.92. The van der Waals surface area contributed by atoms with Gasteiger partial charge in [0.05, 0.1) is 17.4 Å². The zero-order chi connectivity index (χ0) is 15.2. The van der Waals surface area contributed by atoms with Crippen molar-refractivity contribution in [1.82, 2.24) is 4.98 Å². The predicted octanol–water partition coefficient (Wildman–Crippen LogP) is 1.94. The van der Waals surface area contributed by atoms with Gasteiger partial charge in [-0.2, -0.15) is 0 Å². The average molecular weight is 290 g/mol. The molecule has 6 nitrogen and oxygen atoms in total. The first-order chi connectivity index (χ1) is 10.1. The minimum Gasteiger partial charge on any atom is -0.484 e. The molecule has 0 unspecified atom stereocenters. The zero-order valence-corrected chi connectivity index (χ0v) is 10.7. The van der Waals surface area contributed by atoms with Gasteiger partial charge < -0.3 is 15.2 Å². The summed E-state index contributed by atoms with van der Waals surface area (Å²) in [6.07, 6.45) is 2.53. The molecule has 108 valence electrons. The summed E-state index contributed by atoms with van der Waals surface area (Å²) >= 11 is 0. The van der Waals surface area contributed by atoms with Crippen LogP contribution in [0.3, 0.4) is 0 Å². The van der Waals surface area contributed by atoms with Crippen LogP contribution in [0, 0.1) is 5.82 Å². The maximum Gasteiger partial charge on any atom is 0.337 e. The number of aromatic nitrogens is 1. The van der Waals surface area contributed by atoms with Crippen LogP contribution in [0.25, 0.3) is 0 Å². The third kappa shape index (κ3) is 4.00. The lowest BCUT2D eigenvalue weighted by molar-refractivity contribution is -0.118. The van der Waals surface area contributed by atoms with E-state index in [0.29, 0.717) is 0 Å². The second kappa shape index (κ2) is 6.47. The average Bonchev–Trinajstić information content (AvgIpc) is 2.45. The highest BCUT2D eigenvalue weighted by Gasteiger charge is 2.12. The molecule has 0 spiro atoms. The van der Waals surface area contributed by atoms with E-state index in [1.165, 1.54) is 36.7 Å². The van der Waals surface area contributed by atoms with Crippen LogP contribution in [0.1, 0.15) is 10.4 Å². The summed E-state index contributed by atoms with van der Waals surface area (Å²) in [5.41, 5.74) is -0.0121. The normalized spacial score (nSPS) is 9.95. The molecule has 0 aliphatic rings. The quantitative estimate of drug-likeness (QED) is 0.878. The number of amides is 1. The molecule has 7 heteroatoms. The second-order valence-corrected chi connectivity index (χ2v) is 4.02. The Morgan fingerprint density at radius 3 is 2.86 bits per heavy atom. The molecular formula is C14H11FN2O4. The maximum absolute atomic E-state index is 12.9. The Kier molecular flexibility index (Phi) is 4.45. The van der Waals surface area contributed by atoms with E-state index >= 15 is 0 Å². The number of ether oxygens (including phenoxy) is 1. The molecule has 0 bridgehead atoms. The van der Waals surface area contributed by atoms with Crippen LogP contribution in [0.4, 0.5) is 10.1 Å². The van der Waals surface area contributed by atoms with Gasteiger partial charge in [-0.1, -0.05) is 6.07 Å². The Bertz CT molecular complexity index is 676. The number of halogens is 1. The molecule has 0 saturated carbocycles. The number of hydrogen-bond acceptors (Lipinski definition) is 4. The predicted molar refractivity (Wildman–Crippen MR) is 71.7 cm³/mol. The minimum absolute atomic E-state index is 0.0674. The Morgan fingerprint density at radius 2 is 2.14 bits per heavy atom. The van der Waals surface area contributed by atoms with Gasteiger partial charge in [-0.05, 0) is 18.2 Å². The molecule has 1 aromatic carbocycles. The van der Waals surface area contributed by atoms with Crippen molar-refractivity contribution in [2.24, 2.45) is 0 Å². The molecule has 0 radical (unpaired) electrons. The number of carbonyl (C=O) groups is 2. The highest BCUT2D eigenvalue weighted by atomic mass is 19.1. The van der Waals surface area contributed by atoms with Crippen molar-refractivity contribution < 1.29 is 23.8 Å². The van der Waals surface area contributed by atoms with Crippen LogP contribution >= 0.6 is 0 Å². The topological polar surface area (TPSA) is 88.5 Å². The Hall–Kier alpha value is -2.96. The first kappa shape index (κ1) is 14.4. The fourth-order valence-electron chi connectivity index (χ4n) is 1.57. The second-order valence-electron chi connectivity index (χ2n) is 4.02. The maximum atomic E-state index is 12.9. The molecule has 1 heterocycles. The van der Waals surface area contributed by atoms with E-state index in [1.54, 1.807) is 0 Å². The number of aromatic carboxylic acids is 1. The number of rotatable bonds is 5. The van der Waals surface area contributed by atoms with E-state index in [9.17, 15) is 14.0 Å². The zero-order valence-electron chi connectivity index (χ0n) is 10.7. The fourth-order valence-corrected chi connectivity index (χ4v) is 1.57. The van der Waals surface area contributed by atoms with Gasteiger partial charge in [-0.3, -0.25) is 9.78 Å². The molecule has 0 saturated heterocycles. The Labute approximate surface area is 119 Å². The van der Waals surface area contributed by atoms with Gasteiger partial charge in [0, 0.05) is 12.3 Å². The molecule has 1 aromatic heterocycles. The lowest BCUT2D eigenvalue weighted by Gasteiger charge is -2.09. The van der Waals surface area contributed by atoms with Crippen LogP contribution in [0.5, 0.6) is 5.75 Å². The van der Waals surface area contributed by atoms with E-state index in [2.05, 4.69) is 10.3 Å². The molecule has 2 aromatic rings. The number of pyridine rings is 1. The van der Waals surface area contributed by atoms with Gasteiger partial charge in [0.25, 0.3) is 5.91 Å². The van der Waals surface area contributed by atoms with Gasteiger partial charge in [0.1, 0.15) is 11.6 Å². The smallest absolute Gasteiger partial charge is 0.337 e. The van der Waals surface area contributed by atoms with E-state index in [1.807, 2.05) is 0 Å². The SMILES string of the molecule is O=C(COc1cccc(F)c1)Nc1cnccc1C(=O)O. The summed E-state index contributed by atoms with van der Waals surface area (Å²) in [6, 6.07) is 6.61. The molecule has 0 aliphatic heterocycles. The van der Waals surface area contributed by atoms with E-state index in [0.717, 1.165) is 6.07 Å². The van der Waals surface area contributed by atoms with E-state index in [-0.39, 0.29) is 23.6 Å². The summed E-state index contributed by atoms with van der Waals surface area (Å²) < 4.78 is 18.0. The van der Waals surface area contributed by atoms with Crippen LogP contribution in [0.15, 0.2) is 42.7 Å². The van der Waals surface area contributed by atoms with Crippen molar-refractivity contribution in [3.8, 4) is 5.75 Å². The minimum atomic E-state index is -1.18. The molecule has 2 rings (SSSR count). The molecule has 2 N–H and O–H groups in total.